The van der Waals surface area contributed by atoms with Crippen LogP contribution in [-0.2, 0) is 13.0 Å². The zero-order valence-corrected chi connectivity index (χ0v) is 18.5. The summed E-state index contributed by atoms with van der Waals surface area (Å²) >= 11 is 0. The van der Waals surface area contributed by atoms with Crippen LogP contribution in [0.3, 0.4) is 0 Å². The Bertz CT molecular complexity index is 1370. The van der Waals surface area contributed by atoms with E-state index in [1.165, 1.54) is 27.9 Å². The van der Waals surface area contributed by atoms with Crippen molar-refractivity contribution in [3.63, 3.8) is 0 Å². The molecule has 1 aliphatic heterocycles. The Hall–Kier alpha value is -3.86. The summed E-state index contributed by atoms with van der Waals surface area (Å²) in [5.41, 5.74) is 11.9. The Kier molecular flexibility index (Phi) is 5.23. The highest BCUT2D eigenvalue weighted by Gasteiger charge is 2.17. The molecular weight excluding hydrogens is 394 g/mol. The average Bonchev–Trinajstić information content (AvgIpc) is 2.79. The van der Waals surface area contributed by atoms with Crippen molar-refractivity contribution in [3.05, 3.63) is 101 Å². The van der Waals surface area contributed by atoms with Crippen molar-refractivity contribution in [2.24, 2.45) is 0 Å². The molecule has 0 atom stereocenters. The Morgan fingerprint density at radius 3 is 2.72 bits per heavy atom. The number of nitrogens with one attached hydrogen (secondary N) is 1. The molecule has 5 heteroatoms. The summed E-state index contributed by atoms with van der Waals surface area (Å²) in [5.74, 6) is 1.75. The number of hydrogen-bond donors (Lipinski definition) is 2. The third kappa shape index (κ3) is 3.89. The number of fused-ring (bicyclic) bond motifs is 2. The predicted octanol–water partition coefficient (Wildman–Crippen LogP) is 4.72. The lowest BCUT2D eigenvalue weighted by Gasteiger charge is -2.31. The molecule has 4 aromatic rings. The first-order chi connectivity index (χ1) is 15.6. The standard InChI is InChI=1S/C27H27N5/c1-18-5-8-22-14-19(7-10-25(22)31-18)15-23-4-3-13-32(27(23)29-2)17-20-6-9-24-21(16-20)11-12-30-26(24)28/h3-12,14,16,29H,13,15,17H2,1-2H3,(H2,28,30). The molecule has 3 N–H and O–H groups in total. The number of anilines is 1. The van der Waals surface area contributed by atoms with Gasteiger partial charge in [0.1, 0.15) is 11.6 Å². The lowest BCUT2D eigenvalue weighted by molar-refractivity contribution is 0.341. The first-order valence-corrected chi connectivity index (χ1v) is 10.9. The number of pyridine rings is 2. The van der Waals surface area contributed by atoms with E-state index in [4.69, 9.17) is 5.73 Å². The van der Waals surface area contributed by atoms with Crippen molar-refractivity contribution in [3.8, 4) is 0 Å². The Morgan fingerprint density at radius 2 is 1.84 bits per heavy atom. The number of aromatic nitrogens is 2. The average molecular weight is 422 g/mol. The lowest BCUT2D eigenvalue weighted by Crippen LogP contribution is -2.33. The molecule has 0 spiro atoms. The van der Waals surface area contributed by atoms with Crippen LogP contribution in [0.25, 0.3) is 21.7 Å². The summed E-state index contributed by atoms with van der Waals surface area (Å²) in [5, 5.41) is 6.75. The van der Waals surface area contributed by atoms with Crippen molar-refractivity contribution in [1.29, 1.82) is 0 Å². The molecule has 32 heavy (non-hydrogen) atoms. The summed E-state index contributed by atoms with van der Waals surface area (Å²) < 4.78 is 0. The van der Waals surface area contributed by atoms with Crippen LogP contribution in [0, 0.1) is 6.92 Å². The second kappa shape index (κ2) is 8.35. The predicted molar refractivity (Wildman–Crippen MR) is 132 cm³/mol. The van der Waals surface area contributed by atoms with Crippen molar-refractivity contribution < 1.29 is 0 Å². The van der Waals surface area contributed by atoms with Gasteiger partial charge < -0.3 is 16.0 Å². The van der Waals surface area contributed by atoms with Crippen LogP contribution in [0.4, 0.5) is 5.82 Å². The molecule has 160 valence electrons. The summed E-state index contributed by atoms with van der Waals surface area (Å²) in [6.45, 7) is 3.72. The van der Waals surface area contributed by atoms with Crippen LogP contribution in [0.2, 0.25) is 0 Å². The summed E-state index contributed by atoms with van der Waals surface area (Å²) in [6, 6.07) is 19.2. The summed E-state index contributed by atoms with van der Waals surface area (Å²) in [4.78, 5) is 11.2. The third-order valence-electron chi connectivity index (χ3n) is 6.02. The normalized spacial score (nSPS) is 13.9. The SMILES string of the molecule is CNC1=C(Cc2ccc3nc(C)ccc3c2)C=CCN1Cc1ccc2c(N)nccc2c1. The van der Waals surface area contributed by atoms with Gasteiger partial charge >= 0.3 is 0 Å². The fourth-order valence-electron chi connectivity index (χ4n) is 4.48. The van der Waals surface area contributed by atoms with Crippen molar-refractivity contribution in [2.45, 2.75) is 19.9 Å². The molecule has 3 heterocycles. The van der Waals surface area contributed by atoms with Crippen molar-refractivity contribution in [1.82, 2.24) is 20.2 Å². The number of nitrogen functional groups attached to an aromatic ring is 1. The zero-order valence-electron chi connectivity index (χ0n) is 18.5. The third-order valence-corrected chi connectivity index (χ3v) is 6.02. The van der Waals surface area contributed by atoms with E-state index in [0.717, 1.165) is 41.5 Å². The summed E-state index contributed by atoms with van der Waals surface area (Å²) in [6.07, 6.45) is 7.12. The molecule has 2 aromatic carbocycles. The highest BCUT2D eigenvalue weighted by molar-refractivity contribution is 5.91. The van der Waals surface area contributed by atoms with Crippen LogP contribution in [0.1, 0.15) is 16.8 Å². The van der Waals surface area contributed by atoms with Crippen LogP contribution < -0.4 is 11.1 Å². The molecule has 0 unspecified atom stereocenters. The maximum absolute atomic E-state index is 6.02. The van der Waals surface area contributed by atoms with Gasteiger partial charge in [0.05, 0.1) is 5.52 Å². The topological polar surface area (TPSA) is 67.1 Å². The molecule has 0 fully saturated rings. The number of benzene rings is 2. The van der Waals surface area contributed by atoms with E-state index in [1.54, 1.807) is 6.20 Å². The van der Waals surface area contributed by atoms with Gasteiger partial charge in [-0.25, -0.2) is 4.98 Å². The zero-order chi connectivity index (χ0) is 22.1. The van der Waals surface area contributed by atoms with E-state index in [0.29, 0.717) is 5.82 Å². The molecule has 5 nitrogen and oxygen atoms in total. The number of hydrogen-bond acceptors (Lipinski definition) is 5. The molecule has 0 amide bonds. The first-order valence-electron chi connectivity index (χ1n) is 10.9. The molecule has 0 bridgehead atoms. The smallest absolute Gasteiger partial charge is 0.131 e. The number of nitrogens with zero attached hydrogens (tertiary/aromatic N) is 3. The van der Waals surface area contributed by atoms with E-state index in [-0.39, 0.29) is 0 Å². The number of allylic oxidation sites excluding steroid dienone is 2. The van der Waals surface area contributed by atoms with Crippen molar-refractivity contribution >= 4 is 27.5 Å². The van der Waals surface area contributed by atoms with Gasteiger partial charge in [-0.05, 0) is 59.3 Å². The molecule has 0 radical (unpaired) electrons. The second-order valence-corrected chi connectivity index (χ2v) is 8.31. The quantitative estimate of drug-likeness (QED) is 0.488. The minimum absolute atomic E-state index is 0.578. The lowest BCUT2D eigenvalue weighted by atomic mass is 10.00. The highest BCUT2D eigenvalue weighted by Crippen LogP contribution is 2.25. The highest BCUT2D eigenvalue weighted by atomic mass is 15.2. The molecular formula is C27H27N5. The van der Waals surface area contributed by atoms with Gasteiger partial charge in [0, 0.05) is 49.2 Å². The number of aryl methyl sites for hydroxylation is 1. The maximum Gasteiger partial charge on any atom is 0.131 e. The van der Waals surface area contributed by atoms with Gasteiger partial charge in [0.2, 0.25) is 0 Å². The maximum atomic E-state index is 6.02. The van der Waals surface area contributed by atoms with Crippen LogP contribution in [0.5, 0.6) is 0 Å². The van der Waals surface area contributed by atoms with Crippen LogP contribution in [-0.4, -0.2) is 28.5 Å². The van der Waals surface area contributed by atoms with Gasteiger partial charge in [0.25, 0.3) is 0 Å². The Balaban J connectivity index is 1.42. The summed E-state index contributed by atoms with van der Waals surface area (Å²) in [7, 11) is 2.00. The van der Waals surface area contributed by atoms with Gasteiger partial charge in [-0.2, -0.15) is 0 Å². The Morgan fingerprint density at radius 1 is 1.00 bits per heavy atom. The number of rotatable bonds is 5. The fraction of sp³-hybridized carbons (Fsp3) is 0.185. The monoisotopic (exact) mass is 421 g/mol. The minimum atomic E-state index is 0.578. The van der Waals surface area contributed by atoms with Crippen molar-refractivity contribution in [2.75, 3.05) is 19.3 Å². The van der Waals surface area contributed by atoms with E-state index >= 15 is 0 Å². The van der Waals surface area contributed by atoms with Crippen LogP contribution >= 0.6 is 0 Å². The molecule has 0 saturated heterocycles. The van der Waals surface area contributed by atoms with Gasteiger partial charge in [0.15, 0.2) is 0 Å². The van der Waals surface area contributed by atoms with E-state index in [2.05, 4.69) is 80.9 Å². The molecule has 5 rings (SSSR count). The fourth-order valence-corrected chi connectivity index (χ4v) is 4.48. The van der Waals surface area contributed by atoms with Gasteiger partial charge in [-0.3, -0.25) is 4.98 Å². The Labute approximate surface area is 188 Å². The first kappa shape index (κ1) is 20.1. The van der Waals surface area contributed by atoms with E-state index in [1.807, 2.05) is 20.0 Å². The minimum Gasteiger partial charge on any atom is -0.383 e. The number of nitrogens with two attached hydrogens (primary N) is 1. The van der Waals surface area contributed by atoms with Gasteiger partial charge in [-0.15, -0.1) is 0 Å². The molecule has 0 aliphatic carbocycles. The van der Waals surface area contributed by atoms with E-state index in [9.17, 15) is 0 Å². The molecule has 1 aliphatic rings. The molecule has 0 saturated carbocycles. The van der Waals surface area contributed by atoms with Gasteiger partial charge in [-0.1, -0.05) is 36.4 Å². The largest absolute Gasteiger partial charge is 0.383 e. The second-order valence-electron chi connectivity index (χ2n) is 8.31. The van der Waals surface area contributed by atoms with Crippen LogP contribution in [0.15, 0.2) is 84.3 Å². The molecule has 2 aromatic heterocycles. The van der Waals surface area contributed by atoms with E-state index < -0.39 is 0 Å².